The van der Waals surface area contributed by atoms with Crippen LogP contribution >= 0.6 is 0 Å². The minimum absolute atomic E-state index is 0.789. The van der Waals surface area contributed by atoms with E-state index < -0.39 is 0 Å². The zero-order chi connectivity index (χ0) is 13.2. The second kappa shape index (κ2) is 5.50. The Morgan fingerprint density at radius 3 is 2.58 bits per heavy atom. The van der Waals surface area contributed by atoms with Gasteiger partial charge >= 0.3 is 0 Å². The molecule has 3 rings (SSSR count). The number of piperidine rings is 1. The van der Waals surface area contributed by atoms with Gasteiger partial charge in [-0.1, -0.05) is 41.5 Å². The summed E-state index contributed by atoms with van der Waals surface area (Å²) in [6.45, 7) is 7.08. The molecule has 0 spiro atoms. The van der Waals surface area contributed by atoms with Crippen LogP contribution in [0.15, 0.2) is 41.5 Å². The van der Waals surface area contributed by atoms with Gasteiger partial charge in [-0.15, -0.1) is 0 Å². The lowest BCUT2D eigenvalue weighted by molar-refractivity contribution is 0.0785. The first-order valence-electron chi connectivity index (χ1n) is 7.67. The molecule has 0 amide bonds. The quantitative estimate of drug-likeness (QED) is 0.708. The fourth-order valence-corrected chi connectivity index (χ4v) is 3.82. The van der Waals surface area contributed by atoms with Gasteiger partial charge in [-0.05, 0) is 57.6 Å². The SMILES string of the molecule is CC1=C(C)C[C@@H]2[C@H](CCCN2Cc2ccccc2)C1. The maximum atomic E-state index is 2.74. The molecule has 0 radical (unpaired) electrons. The van der Waals surface area contributed by atoms with Gasteiger partial charge in [-0.25, -0.2) is 0 Å². The lowest BCUT2D eigenvalue weighted by Crippen LogP contribution is -2.46. The van der Waals surface area contributed by atoms with E-state index in [1.54, 1.807) is 11.1 Å². The van der Waals surface area contributed by atoms with Crippen LogP contribution in [0.2, 0.25) is 0 Å². The smallest absolute Gasteiger partial charge is 0.0236 e. The highest BCUT2D eigenvalue weighted by atomic mass is 15.2. The Morgan fingerprint density at radius 2 is 1.79 bits per heavy atom. The number of fused-ring (bicyclic) bond motifs is 1. The topological polar surface area (TPSA) is 3.24 Å². The van der Waals surface area contributed by atoms with E-state index in [1.807, 2.05) is 0 Å². The zero-order valence-corrected chi connectivity index (χ0v) is 12.2. The zero-order valence-electron chi connectivity index (χ0n) is 12.2. The molecule has 102 valence electrons. The van der Waals surface area contributed by atoms with Crippen molar-refractivity contribution < 1.29 is 0 Å². The van der Waals surface area contributed by atoms with Gasteiger partial charge in [-0.2, -0.15) is 0 Å². The Labute approximate surface area is 117 Å². The van der Waals surface area contributed by atoms with E-state index in [1.165, 1.54) is 37.8 Å². The van der Waals surface area contributed by atoms with Crippen molar-refractivity contribution in [3.63, 3.8) is 0 Å². The average molecular weight is 255 g/mol. The van der Waals surface area contributed by atoms with Gasteiger partial charge in [0.15, 0.2) is 0 Å². The number of rotatable bonds is 2. The van der Waals surface area contributed by atoms with E-state index in [0.29, 0.717) is 0 Å². The molecule has 2 aliphatic rings. The van der Waals surface area contributed by atoms with E-state index in [-0.39, 0.29) is 0 Å². The van der Waals surface area contributed by atoms with Gasteiger partial charge in [0.05, 0.1) is 0 Å². The predicted molar refractivity (Wildman–Crippen MR) is 81.0 cm³/mol. The molecule has 1 heterocycles. The van der Waals surface area contributed by atoms with Crippen LogP contribution in [0.5, 0.6) is 0 Å². The number of hydrogen-bond donors (Lipinski definition) is 0. The molecule has 1 fully saturated rings. The van der Waals surface area contributed by atoms with Crippen molar-refractivity contribution in [1.29, 1.82) is 0 Å². The predicted octanol–water partition coefficient (Wildman–Crippen LogP) is 4.40. The number of benzene rings is 1. The summed E-state index contributed by atoms with van der Waals surface area (Å²) in [7, 11) is 0. The Kier molecular flexibility index (Phi) is 3.74. The molecule has 1 aromatic rings. The lowest BCUT2D eigenvalue weighted by Gasteiger charge is -2.44. The summed E-state index contributed by atoms with van der Waals surface area (Å²) in [6, 6.07) is 11.7. The largest absolute Gasteiger partial charge is 0.296 e. The molecule has 1 aromatic carbocycles. The van der Waals surface area contributed by atoms with Crippen molar-refractivity contribution in [2.45, 2.75) is 52.1 Å². The van der Waals surface area contributed by atoms with Crippen molar-refractivity contribution in [2.24, 2.45) is 5.92 Å². The first-order chi connectivity index (χ1) is 9.24. The molecule has 0 saturated carbocycles. The molecule has 1 aliphatic carbocycles. The van der Waals surface area contributed by atoms with Crippen molar-refractivity contribution >= 4 is 0 Å². The van der Waals surface area contributed by atoms with Crippen molar-refractivity contribution in [3.05, 3.63) is 47.0 Å². The van der Waals surface area contributed by atoms with E-state index in [4.69, 9.17) is 0 Å². The van der Waals surface area contributed by atoms with E-state index >= 15 is 0 Å². The summed E-state index contributed by atoms with van der Waals surface area (Å²) in [5, 5.41) is 0. The highest BCUT2D eigenvalue weighted by Crippen LogP contribution is 2.38. The van der Waals surface area contributed by atoms with Gasteiger partial charge in [-0.3, -0.25) is 4.90 Å². The van der Waals surface area contributed by atoms with E-state index in [9.17, 15) is 0 Å². The summed E-state index contributed by atoms with van der Waals surface area (Å²) < 4.78 is 0. The third-order valence-corrected chi connectivity index (χ3v) is 5.07. The highest BCUT2D eigenvalue weighted by molar-refractivity contribution is 5.19. The van der Waals surface area contributed by atoms with Crippen LogP contribution in [-0.2, 0) is 6.54 Å². The fourth-order valence-electron chi connectivity index (χ4n) is 3.82. The standard InChI is InChI=1S/C18H25N/c1-14-11-17-9-6-10-19(18(17)12-15(14)2)13-16-7-4-3-5-8-16/h3-5,7-8,17-18H,6,9-13H2,1-2H3/t17-,18-/m1/s1. The van der Waals surface area contributed by atoms with Crippen molar-refractivity contribution in [1.82, 2.24) is 4.90 Å². The molecular weight excluding hydrogens is 230 g/mol. The first kappa shape index (κ1) is 12.9. The van der Waals surface area contributed by atoms with Gasteiger partial charge in [0.25, 0.3) is 0 Å². The number of hydrogen-bond acceptors (Lipinski definition) is 1. The molecule has 1 heteroatoms. The van der Waals surface area contributed by atoms with Gasteiger partial charge in [0, 0.05) is 12.6 Å². The number of nitrogens with zero attached hydrogens (tertiary/aromatic N) is 1. The van der Waals surface area contributed by atoms with Gasteiger partial charge < -0.3 is 0 Å². The monoisotopic (exact) mass is 255 g/mol. The average Bonchev–Trinajstić information content (AvgIpc) is 2.42. The van der Waals surface area contributed by atoms with Crippen LogP contribution in [0.4, 0.5) is 0 Å². The second-order valence-electron chi connectivity index (χ2n) is 6.39. The third kappa shape index (κ3) is 2.76. The maximum Gasteiger partial charge on any atom is 0.0236 e. The van der Waals surface area contributed by atoms with Crippen LogP contribution in [0.3, 0.4) is 0 Å². The second-order valence-corrected chi connectivity index (χ2v) is 6.39. The Bertz CT molecular complexity index is 460. The molecular formula is C18H25N. The van der Waals surface area contributed by atoms with Crippen molar-refractivity contribution in [3.8, 4) is 0 Å². The molecule has 0 bridgehead atoms. The number of allylic oxidation sites excluding steroid dienone is 1. The van der Waals surface area contributed by atoms with Crippen LogP contribution in [0.25, 0.3) is 0 Å². The van der Waals surface area contributed by atoms with E-state index in [0.717, 1.165) is 18.5 Å². The summed E-state index contributed by atoms with van der Waals surface area (Å²) in [6.07, 6.45) is 5.44. The Morgan fingerprint density at radius 1 is 1.05 bits per heavy atom. The molecule has 2 atom stereocenters. The van der Waals surface area contributed by atoms with Crippen LogP contribution in [0, 0.1) is 5.92 Å². The molecule has 0 unspecified atom stereocenters. The molecule has 0 aromatic heterocycles. The third-order valence-electron chi connectivity index (χ3n) is 5.07. The summed E-state index contributed by atoms with van der Waals surface area (Å²) >= 11 is 0. The Hall–Kier alpha value is -1.08. The minimum Gasteiger partial charge on any atom is -0.296 e. The van der Waals surface area contributed by atoms with Crippen LogP contribution in [0.1, 0.15) is 45.1 Å². The minimum atomic E-state index is 0.789. The summed E-state index contributed by atoms with van der Waals surface area (Å²) in [5.74, 6) is 0.904. The lowest BCUT2D eigenvalue weighted by atomic mass is 9.76. The molecule has 1 nitrogen and oxygen atoms in total. The van der Waals surface area contributed by atoms with Crippen LogP contribution in [-0.4, -0.2) is 17.5 Å². The van der Waals surface area contributed by atoms with Gasteiger partial charge in [0.1, 0.15) is 0 Å². The first-order valence-corrected chi connectivity index (χ1v) is 7.67. The van der Waals surface area contributed by atoms with E-state index in [2.05, 4.69) is 49.1 Å². The molecule has 0 N–H and O–H groups in total. The normalized spacial score (nSPS) is 28.3. The van der Waals surface area contributed by atoms with Crippen molar-refractivity contribution in [2.75, 3.05) is 6.54 Å². The summed E-state index contributed by atoms with van der Waals surface area (Å²) in [4.78, 5) is 2.74. The fraction of sp³-hybridized carbons (Fsp3) is 0.556. The summed E-state index contributed by atoms with van der Waals surface area (Å²) in [5.41, 5.74) is 4.76. The highest BCUT2D eigenvalue weighted by Gasteiger charge is 2.34. The van der Waals surface area contributed by atoms with Gasteiger partial charge in [0.2, 0.25) is 0 Å². The molecule has 1 saturated heterocycles. The Balaban J connectivity index is 1.75. The molecule has 1 aliphatic heterocycles. The number of likely N-dealkylation sites (tertiary alicyclic amines) is 1. The molecule has 19 heavy (non-hydrogen) atoms. The van der Waals surface area contributed by atoms with Crippen LogP contribution < -0.4 is 0 Å². The maximum absolute atomic E-state index is 2.74.